The molecule has 1 aromatic carbocycles. The second kappa shape index (κ2) is 7.94. The van der Waals surface area contributed by atoms with Crippen molar-refractivity contribution < 1.29 is 9.53 Å². The average molecular weight is 401 g/mol. The summed E-state index contributed by atoms with van der Waals surface area (Å²) in [5.41, 5.74) is 4.59. The Hall–Kier alpha value is -3.74. The molecule has 0 radical (unpaired) electrons. The van der Waals surface area contributed by atoms with E-state index >= 15 is 0 Å². The lowest BCUT2D eigenvalue weighted by molar-refractivity contribution is 0.102. The van der Waals surface area contributed by atoms with Gasteiger partial charge in [0.25, 0.3) is 5.91 Å². The van der Waals surface area contributed by atoms with Gasteiger partial charge in [-0.1, -0.05) is 24.3 Å². The molecule has 1 N–H and O–H groups in total. The van der Waals surface area contributed by atoms with Crippen molar-refractivity contribution in [3.63, 3.8) is 0 Å². The number of anilines is 1. The van der Waals surface area contributed by atoms with Crippen molar-refractivity contribution in [2.45, 2.75) is 26.8 Å². The van der Waals surface area contributed by atoms with Crippen molar-refractivity contribution in [3.8, 4) is 17.1 Å². The lowest BCUT2D eigenvalue weighted by atomic mass is 10.0. The number of aromatic nitrogens is 4. The van der Waals surface area contributed by atoms with Crippen LogP contribution >= 0.6 is 0 Å². The molecule has 0 saturated carbocycles. The fourth-order valence-corrected chi connectivity index (χ4v) is 3.36. The molecule has 30 heavy (non-hydrogen) atoms. The number of aryl methyl sites for hydroxylation is 1. The second-order valence-electron chi connectivity index (χ2n) is 7.33. The van der Waals surface area contributed by atoms with E-state index in [0.29, 0.717) is 28.2 Å². The zero-order valence-corrected chi connectivity index (χ0v) is 17.4. The van der Waals surface area contributed by atoms with Crippen LogP contribution in [0.15, 0.2) is 54.9 Å². The van der Waals surface area contributed by atoms with E-state index in [2.05, 4.69) is 15.4 Å². The third-order valence-electron chi connectivity index (χ3n) is 4.92. The number of rotatable bonds is 5. The maximum Gasteiger partial charge on any atom is 0.256 e. The number of amides is 1. The van der Waals surface area contributed by atoms with Crippen LogP contribution in [0.4, 0.5) is 5.69 Å². The monoisotopic (exact) mass is 401 g/mol. The molecule has 0 atom stereocenters. The fourth-order valence-electron chi connectivity index (χ4n) is 3.36. The quantitative estimate of drug-likeness (QED) is 0.527. The van der Waals surface area contributed by atoms with Crippen LogP contribution in [0, 0.1) is 6.92 Å². The van der Waals surface area contributed by atoms with Crippen LogP contribution in [0.5, 0.6) is 5.88 Å². The average Bonchev–Trinajstić information content (AvgIpc) is 3.18. The van der Waals surface area contributed by atoms with Gasteiger partial charge in [0.1, 0.15) is 0 Å². The molecule has 0 saturated heterocycles. The maximum absolute atomic E-state index is 13.2. The highest BCUT2D eigenvalue weighted by Crippen LogP contribution is 2.28. The van der Waals surface area contributed by atoms with Crippen LogP contribution in [0.2, 0.25) is 0 Å². The Labute approximate surface area is 174 Å². The van der Waals surface area contributed by atoms with Crippen LogP contribution in [0.25, 0.3) is 22.3 Å². The highest BCUT2D eigenvalue weighted by molar-refractivity contribution is 6.12. The maximum atomic E-state index is 13.2. The van der Waals surface area contributed by atoms with E-state index in [-0.39, 0.29) is 11.9 Å². The normalized spacial score (nSPS) is 11.1. The van der Waals surface area contributed by atoms with Crippen molar-refractivity contribution in [3.05, 3.63) is 66.0 Å². The van der Waals surface area contributed by atoms with Crippen molar-refractivity contribution in [2.24, 2.45) is 0 Å². The molecule has 7 heteroatoms. The zero-order chi connectivity index (χ0) is 21.3. The Morgan fingerprint density at radius 2 is 1.93 bits per heavy atom. The zero-order valence-electron chi connectivity index (χ0n) is 17.4. The Balaban J connectivity index is 1.82. The number of carbonyl (C=O) groups is 1. The Kier molecular flexibility index (Phi) is 5.18. The molecule has 7 nitrogen and oxygen atoms in total. The third-order valence-corrected chi connectivity index (χ3v) is 4.92. The molecule has 4 aromatic rings. The molecule has 0 aliphatic heterocycles. The summed E-state index contributed by atoms with van der Waals surface area (Å²) in [6.45, 7) is 6.11. The van der Waals surface area contributed by atoms with E-state index in [4.69, 9.17) is 9.72 Å². The van der Waals surface area contributed by atoms with Gasteiger partial charge < -0.3 is 10.1 Å². The molecule has 0 spiro atoms. The molecule has 152 valence electrons. The van der Waals surface area contributed by atoms with Gasteiger partial charge in [-0.2, -0.15) is 5.10 Å². The van der Waals surface area contributed by atoms with Crippen molar-refractivity contribution in [1.82, 2.24) is 19.7 Å². The lowest BCUT2D eigenvalue weighted by Crippen LogP contribution is -2.13. The van der Waals surface area contributed by atoms with Crippen molar-refractivity contribution in [2.75, 3.05) is 12.4 Å². The van der Waals surface area contributed by atoms with Gasteiger partial charge in [0, 0.05) is 17.7 Å². The van der Waals surface area contributed by atoms with Crippen LogP contribution < -0.4 is 10.1 Å². The van der Waals surface area contributed by atoms with Crippen LogP contribution in [0.1, 0.15) is 35.8 Å². The molecule has 0 fully saturated rings. The molecule has 3 aromatic heterocycles. The van der Waals surface area contributed by atoms with Gasteiger partial charge in [-0.15, -0.1) is 0 Å². The highest BCUT2D eigenvalue weighted by Gasteiger charge is 2.19. The summed E-state index contributed by atoms with van der Waals surface area (Å²) in [6, 6.07) is 13.4. The molecular formula is C23H23N5O2. The van der Waals surface area contributed by atoms with Gasteiger partial charge in [-0.05, 0) is 38.5 Å². The molecule has 0 aliphatic carbocycles. The Bertz CT molecular complexity index is 1210. The van der Waals surface area contributed by atoms with E-state index in [0.717, 1.165) is 16.8 Å². The molecule has 3 heterocycles. The number of ether oxygens (including phenoxy) is 1. The number of nitrogens with zero attached hydrogens (tertiary/aromatic N) is 4. The number of nitrogens with one attached hydrogen (secondary N) is 1. The number of hydrogen-bond acceptors (Lipinski definition) is 5. The van der Waals surface area contributed by atoms with E-state index in [1.54, 1.807) is 31.6 Å². The summed E-state index contributed by atoms with van der Waals surface area (Å²) in [5, 5.41) is 8.09. The SMILES string of the molecule is COc1ccc(NC(=O)c2cc(-c3ccccc3C)nc3c2cnn3C(C)C)cn1. The summed E-state index contributed by atoms with van der Waals surface area (Å²) < 4.78 is 6.91. The Morgan fingerprint density at radius 3 is 2.60 bits per heavy atom. The van der Waals surface area contributed by atoms with E-state index in [9.17, 15) is 4.79 Å². The predicted molar refractivity (Wildman–Crippen MR) is 117 cm³/mol. The number of carbonyl (C=O) groups excluding carboxylic acids is 1. The minimum atomic E-state index is -0.243. The first kappa shape index (κ1) is 19.6. The first-order chi connectivity index (χ1) is 14.5. The summed E-state index contributed by atoms with van der Waals surface area (Å²) in [5.74, 6) is 0.242. The number of benzene rings is 1. The van der Waals surface area contributed by atoms with Gasteiger partial charge in [0.2, 0.25) is 5.88 Å². The fraction of sp³-hybridized carbons (Fsp3) is 0.217. The van der Waals surface area contributed by atoms with Crippen LogP contribution in [0.3, 0.4) is 0 Å². The molecule has 0 bridgehead atoms. The number of fused-ring (bicyclic) bond motifs is 1. The molecule has 0 aliphatic rings. The summed E-state index contributed by atoms with van der Waals surface area (Å²) in [7, 11) is 1.55. The second-order valence-corrected chi connectivity index (χ2v) is 7.33. The first-order valence-electron chi connectivity index (χ1n) is 9.73. The highest BCUT2D eigenvalue weighted by atomic mass is 16.5. The van der Waals surface area contributed by atoms with Crippen LogP contribution in [-0.4, -0.2) is 32.8 Å². The minimum absolute atomic E-state index is 0.115. The Morgan fingerprint density at radius 1 is 1.13 bits per heavy atom. The summed E-state index contributed by atoms with van der Waals surface area (Å²) in [6.07, 6.45) is 3.26. The lowest BCUT2D eigenvalue weighted by Gasteiger charge is -2.12. The smallest absolute Gasteiger partial charge is 0.256 e. The van der Waals surface area contributed by atoms with Gasteiger partial charge >= 0.3 is 0 Å². The van der Waals surface area contributed by atoms with Gasteiger partial charge in [-0.25, -0.2) is 14.6 Å². The number of methoxy groups -OCH3 is 1. The minimum Gasteiger partial charge on any atom is -0.481 e. The predicted octanol–water partition coefficient (Wildman–Crippen LogP) is 4.64. The van der Waals surface area contributed by atoms with E-state index in [1.807, 2.05) is 55.8 Å². The largest absolute Gasteiger partial charge is 0.481 e. The molecule has 0 unspecified atom stereocenters. The van der Waals surface area contributed by atoms with Crippen molar-refractivity contribution >= 4 is 22.6 Å². The van der Waals surface area contributed by atoms with Gasteiger partial charge in [0.15, 0.2) is 5.65 Å². The first-order valence-corrected chi connectivity index (χ1v) is 9.73. The van der Waals surface area contributed by atoms with Crippen LogP contribution in [-0.2, 0) is 0 Å². The van der Waals surface area contributed by atoms with E-state index < -0.39 is 0 Å². The third kappa shape index (κ3) is 3.61. The topological polar surface area (TPSA) is 81.9 Å². The summed E-state index contributed by atoms with van der Waals surface area (Å²) in [4.78, 5) is 22.2. The van der Waals surface area contributed by atoms with Gasteiger partial charge in [0.05, 0.1) is 41.8 Å². The molecular weight excluding hydrogens is 378 g/mol. The summed E-state index contributed by atoms with van der Waals surface area (Å²) >= 11 is 0. The number of hydrogen-bond donors (Lipinski definition) is 1. The molecule has 1 amide bonds. The van der Waals surface area contributed by atoms with E-state index in [1.165, 1.54) is 0 Å². The molecule has 4 rings (SSSR count). The van der Waals surface area contributed by atoms with Gasteiger partial charge in [-0.3, -0.25) is 4.79 Å². The number of pyridine rings is 2. The van der Waals surface area contributed by atoms with Crippen molar-refractivity contribution in [1.29, 1.82) is 0 Å². The standard InChI is InChI=1S/C23H23N5O2/c1-14(2)28-22-19(13-25-28)18(11-20(27-22)17-8-6-5-7-15(17)3)23(29)26-16-9-10-21(30-4)24-12-16/h5-14H,1-4H3,(H,26,29).